The van der Waals surface area contributed by atoms with Gasteiger partial charge in [-0.2, -0.15) is 0 Å². The Morgan fingerprint density at radius 3 is 2.73 bits per heavy atom. The largest absolute Gasteiger partial charge is 0.381 e. The summed E-state index contributed by atoms with van der Waals surface area (Å²) in [7, 11) is 0. The van der Waals surface area contributed by atoms with Gasteiger partial charge in [-0.15, -0.1) is 0 Å². The van der Waals surface area contributed by atoms with Crippen LogP contribution in [0.5, 0.6) is 0 Å². The van der Waals surface area contributed by atoms with E-state index in [1.807, 2.05) is 54.7 Å². The maximum Gasteiger partial charge on any atom is 0.127 e. The number of nitrogens with one attached hydrogen (secondary N) is 3. The molecular weight excluding hydrogens is 346 g/mol. The first kappa shape index (κ1) is 18.5. The van der Waals surface area contributed by atoms with Gasteiger partial charge in [-0.1, -0.05) is 35.9 Å². The summed E-state index contributed by atoms with van der Waals surface area (Å²) in [5.74, 6) is 0. The van der Waals surface area contributed by atoms with Crippen molar-refractivity contribution < 1.29 is 4.74 Å². The zero-order valence-corrected chi connectivity index (χ0v) is 15.4. The molecule has 3 rings (SSSR count). The van der Waals surface area contributed by atoms with Crippen LogP contribution in [-0.4, -0.2) is 19.0 Å². The van der Waals surface area contributed by atoms with Crippen LogP contribution in [0.4, 0.5) is 5.69 Å². The number of rotatable bonds is 7. The van der Waals surface area contributed by atoms with Crippen molar-refractivity contribution in [3.63, 3.8) is 0 Å². The quantitative estimate of drug-likeness (QED) is 0.598. The van der Waals surface area contributed by atoms with Gasteiger partial charge < -0.3 is 20.8 Å². The highest BCUT2D eigenvalue weighted by Crippen LogP contribution is 2.18. The van der Waals surface area contributed by atoms with Crippen molar-refractivity contribution in [3.8, 4) is 0 Å². The average molecular weight is 370 g/mol. The summed E-state index contributed by atoms with van der Waals surface area (Å²) in [5.41, 5.74) is 4.00. The summed E-state index contributed by atoms with van der Waals surface area (Å²) >= 11 is 6.01. The number of hydrogen-bond acceptors (Lipinski definition) is 4. The third-order valence-corrected chi connectivity index (χ3v) is 4.60. The lowest BCUT2D eigenvalue weighted by atomic mass is 10.1. The minimum Gasteiger partial charge on any atom is -0.381 e. The van der Waals surface area contributed by atoms with Gasteiger partial charge in [0.2, 0.25) is 0 Å². The molecule has 0 radical (unpaired) electrons. The van der Waals surface area contributed by atoms with E-state index in [2.05, 4.69) is 10.6 Å². The van der Waals surface area contributed by atoms with Crippen molar-refractivity contribution in [2.45, 2.75) is 32.0 Å². The topological polar surface area (TPSA) is 57.1 Å². The highest BCUT2D eigenvalue weighted by atomic mass is 35.5. The maximum absolute atomic E-state index is 7.68. The third-order valence-electron chi connectivity index (χ3n) is 4.36. The predicted octanol–water partition coefficient (Wildman–Crippen LogP) is 5.06. The zero-order valence-electron chi connectivity index (χ0n) is 14.7. The highest BCUT2D eigenvalue weighted by Gasteiger charge is 2.11. The first-order valence-corrected chi connectivity index (χ1v) is 9.29. The molecule has 4 nitrogen and oxygen atoms in total. The fourth-order valence-corrected chi connectivity index (χ4v) is 3.11. The SMILES string of the molecule is N=C/C(=C\NC1CCCCO1)c1ccc(NCc2cccc(Cl)c2)cc1. The molecular formula is C21H24ClN3O. The van der Waals surface area contributed by atoms with E-state index in [-0.39, 0.29) is 6.23 Å². The molecule has 0 aromatic heterocycles. The fourth-order valence-electron chi connectivity index (χ4n) is 2.89. The van der Waals surface area contributed by atoms with Crippen LogP contribution in [0.2, 0.25) is 5.02 Å². The predicted molar refractivity (Wildman–Crippen MR) is 109 cm³/mol. The van der Waals surface area contributed by atoms with E-state index in [4.69, 9.17) is 21.7 Å². The lowest BCUT2D eigenvalue weighted by molar-refractivity contribution is 0.00348. The smallest absolute Gasteiger partial charge is 0.127 e. The second-order valence-corrected chi connectivity index (χ2v) is 6.76. The van der Waals surface area contributed by atoms with Gasteiger partial charge in [-0.25, -0.2) is 0 Å². The average Bonchev–Trinajstić information content (AvgIpc) is 2.69. The molecule has 0 saturated carbocycles. The Hall–Kier alpha value is -2.30. The van der Waals surface area contributed by atoms with Gasteiger partial charge in [-0.05, 0) is 54.7 Å². The fraction of sp³-hybridized carbons (Fsp3) is 0.286. The number of hydrogen-bond donors (Lipinski definition) is 3. The van der Waals surface area contributed by atoms with Crippen LogP contribution < -0.4 is 10.6 Å². The Balaban J connectivity index is 1.58. The van der Waals surface area contributed by atoms with Crippen LogP contribution in [0, 0.1) is 5.41 Å². The molecule has 0 bridgehead atoms. The Labute approximate surface area is 159 Å². The molecule has 136 valence electrons. The molecule has 0 spiro atoms. The zero-order chi connectivity index (χ0) is 18.2. The molecule has 1 aliphatic heterocycles. The monoisotopic (exact) mass is 369 g/mol. The van der Waals surface area contributed by atoms with Crippen molar-refractivity contribution in [1.29, 1.82) is 5.41 Å². The Kier molecular flexibility index (Phi) is 6.69. The van der Waals surface area contributed by atoms with Crippen molar-refractivity contribution >= 4 is 29.1 Å². The number of benzene rings is 2. The van der Waals surface area contributed by atoms with Gasteiger partial charge in [0.05, 0.1) is 0 Å². The standard InChI is InChI=1S/C21H24ClN3O/c22-19-5-3-4-16(12-19)14-24-20-9-7-17(8-10-20)18(13-23)15-25-21-6-1-2-11-26-21/h3-5,7-10,12-13,15,21,23-25H,1-2,6,11,14H2/b18-15+,23-13?. The summed E-state index contributed by atoms with van der Waals surface area (Å²) in [5, 5.41) is 15.1. The summed E-state index contributed by atoms with van der Waals surface area (Å²) in [6.45, 7) is 1.52. The van der Waals surface area contributed by atoms with Gasteiger partial charge in [-0.3, -0.25) is 0 Å². The summed E-state index contributed by atoms with van der Waals surface area (Å²) in [6.07, 6.45) is 6.61. The van der Waals surface area contributed by atoms with E-state index in [0.29, 0.717) is 6.54 Å². The lowest BCUT2D eigenvalue weighted by Gasteiger charge is -2.23. The van der Waals surface area contributed by atoms with Crippen molar-refractivity contribution in [2.75, 3.05) is 11.9 Å². The summed E-state index contributed by atoms with van der Waals surface area (Å²) < 4.78 is 5.66. The van der Waals surface area contributed by atoms with Gasteiger partial charge >= 0.3 is 0 Å². The molecule has 3 N–H and O–H groups in total. The van der Waals surface area contributed by atoms with Crippen LogP contribution in [-0.2, 0) is 11.3 Å². The molecule has 2 aromatic carbocycles. The second-order valence-electron chi connectivity index (χ2n) is 6.33. The summed E-state index contributed by atoms with van der Waals surface area (Å²) in [6, 6.07) is 15.9. The van der Waals surface area contributed by atoms with E-state index in [1.54, 1.807) is 0 Å². The minimum absolute atomic E-state index is 0.0531. The van der Waals surface area contributed by atoms with Crippen LogP contribution in [0.25, 0.3) is 5.57 Å². The molecule has 1 fully saturated rings. The van der Waals surface area contributed by atoms with Crippen LogP contribution in [0.3, 0.4) is 0 Å². The van der Waals surface area contributed by atoms with Crippen LogP contribution in [0.1, 0.15) is 30.4 Å². The first-order valence-electron chi connectivity index (χ1n) is 8.91. The number of anilines is 1. The van der Waals surface area contributed by atoms with E-state index < -0.39 is 0 Å². The highest BCUT2D eigenvalue weighted by molar-refractivity contribution is 6.30. The number of halogens is 1. The maximum atomic E-state index is 7.68. The van der Waals surface area contributed by atoms with Crippen molar-refractivity contribution in [3.05, 3.63) is 70.9 Å². The minimum atomic E-state index is 0.0531. The molecule has 0 aliphatic carbocycles. The third kappa shape index (κ3) is 5.35. The first-order chi connectivity index (χ1) is 12.7. The van der Waals surface area contributed by atoms with Crippen LogP contribution >= 0.6 is 11.6 Å². The lowest BCUT2D eigenvalue weighted by Crippen LogP contribution is -2.31. The normalized spacial score (nSPS) is 17.6. The molecule has 1 unspecified atom stereocenters. The molecule has 0 amide bonds. The van der Waals surface area contributed by atoms with E-state index in [1.165, 1.54) is 12.6 Å². The molecule has 1 atom stereocenters. The Morgan fingerprint density at radius 2 is 2.04 bits per heavy atom. The second kappa shape index (κ2) is 9.41. The van der Waals surface area contributed by atoms with Gasteiger partial charge in [0.25, 0.3) is 0 Å². The molecule has 5 heteroatoms. The van der Waals surface area contributed by atoms with E-state index >= 15 is 0 Å². The van der Waals surface area contributed by atoms with E-state index in [0.717, 1.165) is 46.9 Å². The molecule has 1 saturated heterocycles. The molecule has 1 aliphatic rings. The Bertz CT molecular complexity index is 752. The van der Waals surface area contributed by atoms with Crippen molar-refractivity contribution in [1.82, 2.24) is 5.32 Å². The molecule has 26 heavy (non-hydrogen) atoms. The number of ether oxygens (including phenoxy) is 1. The summed E-state index contributed by atoms with van der Waals surface area (Å²) in [4.78, 5) is 0. The number of allylic oxidation sites excluding steroid dienone is 1. The van der Waals surface area contributed by atoms with Gasteiger partial charge in [0.15, 0.2) is 0 Å². The molecule has 2 aromatic rings. The molecule has 1 heterocycles. The van der Waals surface area contributed by atoms with Crippen molar-refractivity contribution in [2.24, 2.45) is 0 Å². The van der Waals surface area contributed by atoms with Crippen LogP contribution in [0.15, 0.2) is 54.7 Å². The van der Waals surface area contributed by atoms with Gasteiger partial charge in [0, 0.05) is 41.8 Å². The van der Waals surface area contributed by atoms with Gasteiger partial charge in [0.1, 0.15) is 6.23 Å². The Morgan fingerprint density at radius 1 is 1.19 bits per heavy atom. The van der Waals surface area contributed by atoms with E-state index in [9.17, 15) is 0 Å².